The van der Waals surface area contributed by atoms with E-state index in [9.17, 15) is 4.79 Å². The van der Waals surface area contributed by atoms with Gasteiger partial charge in [-0.3, -0.25) is 4.79 Å². The normalized spacial score (nSPS) is 21.1. The fourth-order valence-electron chi connectivity index (χ4n) is 4.56. The van der Waals surface area contributed by atoms with E-state index < -0.39 is 0 Å². The van der Waals surface area contributed by atoms with Gasteiger partial charge in [-0.1, -0.05) is 30.3 Å². The number of hydrogen-bond donors (Lipinski definition) is 1. The van der Waals surface area contributed by atoms with Crippen molar-refractivity contribution in [2.45, 2.75) is 32.4 Å². The summed E-state index contributed by atoms with van der Waals surface area (Å²) in [6, 6.07) is 17.0. The predicted molar refractivity (Wildman–Crippen MR) is 113 cm³/mol. The summed E-state index contributed by atoms with van der Waals surface area (Å²) in [7, 11) is 1.71. The molecule has 0 aliphatic carbocycles. The lowest BCUT2D eigenvalue weighted by molar-refractivity contribution is -0.126. The third-order valence-corrected chi connectivity index (χ3v) is 5.82. The van der Waals surface area contributed by atoms with E-state index in [1.54, 1.807) is 7.11 Å². The van der Waals surface area contributed by atoms with Gasteiger partial charge >= 0.3 is 0 Å². The number of nitrogens with zero attached hydrogens (tertiary/aromatic N) is 2. The highest BCUT2D eigenvalue weighted by Crippen LogP contribution is 2.38. The van der Waals surface area contributed by atoms with Gasteiger partial charge in [0.15, 0.2) is 0 Å². The van der Waals surface area contributed by atoms with Crippen molar-refractivity contribution in [3.63, 3.8) is 0 Å². The Labute approximate surface area is 167 Å². The highest BCUT2D eigenvalue weighted by molar-refractivity contribution is 5.82. The van der Waals surface area contributed by atoms with E-state index >= 15 is 0 Å². The van der Waals surface area contributed by atoms with Crippen LogP contribution in [0.15, 0.2) is 48.5 Å². The van der Waals surface area contributed by atoms with E-state index in [1.165, 1.54) is 11.3 Å². The van der Waals surface area contributed by atoms with Crippen LogP contribution in [0.25, 0.3) is 0 Å². The van der Waals surface area contributed by atoms with Gasteiger partial charge in [-0.2, -0.15) is 0 Å². The fraction of sp³-hybridized carbons (Fsp3) is 0.435. The summed E-state index contributed by atoms with van der Waals surface area (Å²) in [6.45, 7) is 6.66. The van der Waals surface area contributed by atoms with E-state index in [0.717, 1.165) is 37.5 Å². The number of amides is 1. The van der Waals surface area contributed by atoms with Gasteiger partial charge in [0.05, 0.1) is 24.8 Å². The summed E-state index contributed by atoms with van der Waals surface area (Å²) in [5.74, 6) is 0.978. The second-order valence-electron chi connectivity index (χ2n) is 7.98. The van der Waals surface area contributed by atoms with Gasteiger partial charge < -0.3 is 19.9 Å². The number of para-hydroxylation sites is 3. The lowest BCUT2D eigenvalue weighted by Crippen LogP contribution is -2.61. The monoisotopic (exact) mass is 379 g/mol. The van der Waals surface area contributed by atoms with Crippen LogP contribution < -0.4 is 19.9 Å². The summed E-state index contributed by atoms with van der Waals surface area (Å²) >= 11 is 0. The molecule has 4 rings (SSSR count). The molecule has 0 aromatic heterocycles. The summed E-state index contributed by atoms with van der Waals surface area (Å²) in [5.41, 5.74) is 3.65. The molecule has 2 atom stereocenters. The van der Waals surface area contributed by atoms with Crippen molar-refractivity contribution in [3.8, 4) is 5.75 Å². The molecule has 148 valence electrons. The molecule has 5 nitrogen and oxygen atoms in total. The van der Waals surface area contributed by atoms with Crippen molar-refractivity contribution < 1.29 is 9.53 Å². The van der Waals surface area contributed by atoms with Gasteiger partial charge in [-0.15, -0.1) is 0 Å². The number of carbonyl (C=O) groups is 1. The lowest BCUT2D eigenvalue weighted by atomic mass is 9.83. The standard InChI is InChI=1S/C23H29N3O2/c1-16(2)24-23(27)18-14-17-8-4-5-9-19(17)26-13-12-25(15-21(18)26)20-10-6-7-11-22(20)28-3/h4-11,16,18,21H,12-15H2,1-3H3,(H,24,27). The average molecular weight is 380 g/mol. The molecule has 28 heavy (non-hydrogen) atoms. The molecule has 2 aliphatic heterocycles. The maximum Gasteiger partial charge on any atom is 0.225 e. The summed E-state index contributed by atoms with van der Waals surface area (Å²) in [5, 5.41) is 3.14. The second kappa shape index (κ2) is 7.74. The number of rotatable bonds is 4. The van der Waals surface area contributed by atoms with E-state index in [-0.39, 0.29) is 23.9 Å². The van der Waals surface area contributed by atoms with Gasteiger partial charge in [0, 0.05) is 31.4 Å². The molecular weight excluding hydrogens is 350 g/mol. The molecule has 5 heteroatoms. The van der Waals surface area contributed by atoms with Crippen molar-refractivity contribution in [1.82, 2.24) is 5.32 Å². The van der Waals surface area contributed by atoms with Crippen LogP contribution in [-0.4, -0.2) is 44.7 Å². The maximum absolute atomic E-state index is 13.1. The topological polar surface area (TPSA) is 44.8 Å². The minimum Gasteiger partial charge on any atom is -0.495 e. The lowest BCUT2D eigenvalue weighted by Gasteiger charge is -2.49. The maximum atomic E-state index is 13.1. The van der Waals surface area contributed by atoms with Crippen molar-refractivity contribution in [3.05, 3.63) is 54.1 Å². The van der Waals surface area contributed by atoms with Crippen molar-refractivity contribution >= 4 is 17.3 Å². The molecule has 1 saturated heterocycles. The van der Waals surface area contributed by atoms with Crippen LogP contribution in [0.2, 0.25) is 0 Å². The van der Waals surface area contributed by atoms with Crippen LogP contribution in [-0.2, 0) is 11.2 Å². The number of piperazine rings is 1. The molecule has 1 fully saturated rings. The second-order valence-corrected chi connectivity index (χ2v) is 7.98. The molecule has 1 N–H and O–H groups in total. The van der Waals surface area contributed by atoms with Crippen LogP contribution >= 0.6 is 0 Å². The smallest absolute Gasteiger partial charge is 0.225 e. The minimum atomic E-state index is -0.0604. The largest absolute Gasteiger partial charge is 0.495 e. The number of hydrogen-bond acceptors (Lipinski definition) is 4. The van der Waals surface area contributed by atoms with Gasteiger partial charge in [0.25, 0.3) is 0 Å². The Morgan fingerprint density at radius 1 is 1.07 bits per heavy atom. The zero-order valence-corrected chi connectivity index (χ0v) is 16.9. The number of fused-ring (bicyclic) bond motifs is 3. The van der Waals surface area contributed by atoms with E-state index in [1.807, 2.05) is 32.0 Å². The van der Waals surface area contributed by atoms with Crippen LogP contribution in [0.3, 0.4) is 0 Å². The Morgan fingerprint density at radius 3 is 2.54 bits per heavy atom. The Kier molecular flexibility index (Phi) is 5.16. The zero-order chi connectivity index (χ0) is 19.7. The number of anilines is 2. The first-order valence-electron chi connectivity index (χ1n) is 10.1. The first-order chi connectivity index (χ1) is 13.6. The predicted octanol–water partition coefficient (Wildman–Crippen LogP) is 3.09. The van der Waals surface area contributed by atoms with Gasteiger partial charge in [0.1, 0.15) is 5.75 Å². The highest BCUT2D eigenvalue weighted by atomic mass is 16.5. The summed E-state index contributed by atoms with van der Waals surface area (Å²) < 4.78 is 5.58. The molecule has 2 heterocycles. The van der Waals surface area contributed by atoms with Gasteiger partial charge in [0.2, 0.25) is 5.91 Å². The molecule has 0 spiro atoms. The molecule has 1 amide bonds. The molecule has 0 radical (unpaired) electrons. The highest BCUT2D eigenvalue weighted by Gasteiger charge is 2.41. The van der Waals surface area contributed by atoms with Crippen molar-refractivity contribution in [2.75, 3.05) is 36.5 Å². The Balaban J connectivity index is 1.67. The molecule has 2 unspecified atom stereocenters. The summed E-state index contributed by atoms with van der Waals surface area (Å²) in [6.07, 6.45) is 0.787. The van der Waals surface area contributed by atoms with E-state index in [0.29, 0.717) is 0 Å². The molecule has 0 saturated carbocycles. The van der Waals surface area contributed by atoms with Crippen LogP contribution in [0, 0.1) is 5.92 Å². The Hall–Kier alpha value is -2.69. The minimum absolute atomic E-state index is 0.0604. The average Bonchev–Trinajstić information content (AvgIpc) is 2.72. The first-order valence-corrected chi connectivity index (χ1v) is 10.1. The van der Waals surface area contributed by atoms with Crippen molar-refractivity contribution in [2.24, 2.45) is 5.92 Å². The third-order valence-electron chi connectivity index (χ3n) is 5.82. The summed E-state index contributed by atoms with van der Waals surface area (Å²) in [4.78, 5) is 17.9. The van der Waals surface area contributed by atoms with E-state index in [4.69, 9.17) is 4.74 Å². The number of ether oxygens (including phenoxy) is 1. The van der Waals surface area contributed by atoms with Gasteiger partial charge in [-0.05, 0) is 44.0 Å². The van der Waals surface area contributed by atoms with Crippen LogP contribution in [0.4, 0.5) is 11.4 Å². The number of benzene rings is 2. The third kappa shape index (κ3) is 3.41. The fourth-order valence-corrected chi connectivity index (χ4v) is 4.56. The molecule has 2 aromatic rings. The Bertz CT molecular complexity index is 851. The van der Waals surface area contributed by atoms with Gasteiger partial charge in [-0.25, -0.2) is 0 Å². The number of carbonyl (C=O) groups excluding carboxylic acids is 1. The van der Waals surface area contributed by atoms with Crippen LogP contribution in [0.5, 0.6) is 5.75 Å². The zero-order valence-electron chi connectivity index (χ0n) is 16.9. The number of nitrogens with one attached hydrogen (secondary N) is 1. The quantitative estimate of drug-likeness (QED) is 0.887. The number of methoxy groups -OCH3 is 1. The molecular formula is C23H29N3O2. The Morgan fingerprint density at radius 2 is 1.79 bits per heavy atom. The first kappa shape index (κ1) is 18.7. The van der Waals surface area contributed by atoms with E-state index in [2.05, 4.69) is 45.4 Å². The van der Waals surface area contributed by atoms with Crippen LogP contribution in [0.1, 0.15) is 19.4 Å². The van der Waals surface area contributed by atoms with Crippen molar-refractivity contribution in [1.29, 1.82) is 0 Å². The molecule has 0 bridgehead atoms. The molecule has 2 aliphatic rings. The molecule has 2 aromatic carbocycles. The SMILES string of the molecule is COc1ccccc1N1CCN2c3ccccc3CC(C(=O)NC(C)C)C2C1.